The Morgan fingerprint density at radius 2 is 0.682 bits per heavy atom. The first-order valence-electron chi connectivity index (χ1n) is 43.1. The average molecular weight is 2090 g/mol. The summed E-state index contributed by atoms with van der Waals surface area (Å²) in [5, 5.41) is 34.8. The fraction of sp³-hybridized carbons (Fsp3) is 0.667. The predicted molar refractivity (Wildman–Crippen MR) is 504 cm³/mol. The van der Waals surface area contributed by atoms with Crippen LogP contribution in [0.5, 0.6) is 0 Å². The van der Waals surface area contributed by atoms with Crippen molar-refractivity contribution in [3.05, 3.63) is 65.8 Å². The normalized spacial score (nSPS) is 13.5. The third kappa shape index (κ3) is 53.4. The van der Waals surface area contributed by atoms with Crippen LogP contribution < -0.4 is 43.0 Å². The Balaban J connectivity index is 0.00000106. The van der Waals surface area contributed by atoms with Crippen molar-refractivity contribution in [1.29, 1.82) is 10.8 Å². The van der Waals surface area contributed by atoms with Gasteiger partial charge in [0.15, 0.2) is 0 Å². The van der Waals surface area contributed by atoms with Crippen molar-refractivity contribution in [2.24, 2.45) is 5.73 Å². The number of benzene rings is 2. The maximum absolute atomic E-state index is 13.3. The van der Waals surface area contributed by atoms with Crippen LogP contribution in [0.3, 0.4) is 0 Å². The number of guanidine groups is 2. The number of hydrogen-bond donors (Lipinski definition) is 10. The minimum atomic E-state index is -1.23. The van der Waals surface area contributed by atoms with E-state index >= 15 is 0 Å². The first-order chi connectivity index (χ1) is 59.8. The molecule has 3 rings (SSSR count). The molecule has 4 atom stereocenters. The number of hydroxylamine groups is 2. The van der Waals surface area contributed by atoms with E-state index in [1.54, 1.807) is 226 Å². The van der Waals surface area contributed by atoms with E-state index in [2.05, 4.69) is 37.2 Å². The molecule has 1 heterocycles. The lowest BCUT2D eigenvalue weighted by Gasteiger charge is -2.28. The zero-order valence-corrected chi connectivity index (χ0v) is 86.6. The minimum absolute atomic E-state index is 0.0215. The minimum Gasteiger partial charge on any atom is -0.460 e. The standard InChI is InChI=1S/C43H69IN6O12.C24H45N3O7.C23H29IN4O8/c1-39(2,3)58-31(51)22-21-30(34(54)60-41(7,8)9)48-36(55)47-29(33(53)59-40(4,5)6)18-16-17-23-46-32(52)26-19-20-27(28(44)24-26)25-50(38(57)62-43(13,14)15)35(45)49-37(56)61-42(10,11)12;1-22(2,3)32-18(28)14-13-17(20(30)34-24(7,8)9)27-21(31)26-16(12-10-11-15-25)19(29)33-23(4,5)6;1-22(2,3)34-20(32)26-19(25)27(21(33)35-23(4,5)6)12-14-8-7-13(11-15(14)24)18(31)36-28-16(29)9-10-17(28)30/h19-20,24,29-30H,16-18,21-23,25H2,1-15H3,(H,46,52)(H2,45,49,56)(H2,47,48,55);16-17H,10-15,25H2,1-9H3,(H2,26,27,31);7-8,11H,9-10,12H2,1-6H3,(H2,25,26,32)/t29-,30-;16-,17-;/m00./s1. The Morgan fingerprint density at radius 1 is 0.394 bits per heavy atom. The highest BCUT2D eigenvalue weighted by atomic mass is 127. The quantitative estimate of drug-likeness (QED) is 0.00660. The number of alkyl carbamates (subject to hydrolysis) is 2. The molecule has 1 fully saturated rings. The van der Waals surface area contributed by atoms with Gasteiger partial charge in [0.25, 0.3) is 17.7 Å². The van der Waals surface area contributed by atoms with E-state index in [-0.39, 0.29) is 70.1 Å². The second-order valence-electron chi connectivity index (χ2n) is 40.5. The number of nitrogens with two attached hydrogens (primary N) is 1. The lowest BCUT2D eigenvalue weighted by atomic mass is 10.1. The van der Waals surface area contributed by atoms with Gasteiger partial charge in [0, 0.05) is 44.9 Å². The summed E-state index contributed by atoms with van der Waals surface area (Å²) in [4.78, 5) is 208. The predicted octanol–water partition coefficient (Wildman–Crippen LogP) is 13.9. The van der Waals surface area contributed by atoms with Gasteiger partial charge in [-0.1, -0.05) is 12.1 Å². The number of esters is 6. The highest BCUT2D eigenvalue weighted by molar-refractivity contribution is 14.1. The van der Waals surface area contributed by atoms with E-state index in [0.717, 1.165) is 9.80 Å². The number of hydrogen-bond acceptors (Lipinski definition) is 30. The van der Waals surface area contributed by atoms with Crippen LogP contribution in [0, 0.1) is 18.0 Å². The van der Waals surface area contributed by atoms with Crippen molar-refractivity contribution >= 4 is 153 Å². The van der Waals surface area contributed by atoms with Crippen molar-refractivity contribution < 1.29 is 129 Å². The van der Waals surface area contributed by atoms with Crippen LogP contribution in [0.2, 0.25) is 0 Å². The van der Waals surface area contributed by atoms with Crippen LogP contribution in [-0.2, 0) is 104 Å². The molecule has 0 aromatic heterocycles. The number of carbonyl (C=O) groups is 16. The Morgan fingerprint density at radius 3 is 0.977 bits per heavy atom. The van der Waals surface area contributed by atoms with Gasteiger partial charge in [0.2, 0.25) is 11.9 Å². The molecule has 11 N–H and O–H groups in total. The van der Waals surface area contributed by atoms with Crippen LogP contribution in [0.25, 0.3) is 0 Å². The highest BCUT2D eigenvalue weighted by Gasteiger charge is 2.38. The summed E-state index contributed by atoms with van der Waals surface area (Å²) < 4.78 is 54.8. The number of nitrogens with zero attached hydrogens (tertiary/aromatic N) is 3. The lowest BCUT2D eigenvalue weighted by molar-refractivity contribution is -0.173. The molecule has 0 bridgehead atoms. The summed E-state index contributed by atoms with van der Waals surface area (Å²) in [6.07, 6.45) is -1.53. The molecule has 11 amide bonds. The Kier molecular flexibility index (Phi) is 47.0. The van der Waals surface area contributed by atoms with E-state index in [9.17, 15) is 76.7 Å². The van der Waals surface area contributed by atoms with E-state index in [1.807, 2.05) is 45.2 Å². The number of imide groups is 1. The molecule has 0 saturated carbocycles. The van der Waals surface area contributed by atoms with Crippen LogP contribution >= 0.6 is 45.2 Å². The molecular formula is C90H143I2N13O27. The van der Waals surface area contributed by atoms with Crippen molar-refractivity contribution in [3.8, 4) is 0 Å². The Hall–Kier alpha value is -10.3. The SMILES string of the molecule is CC(C)(C)OC(=O)CC[C@H](NC(=O)N[C@@H](CCCCN)C(=O)OC(C)(C)C)C(=O)OC(C)(C)C.CC(C)(C)OC(=O)CC[C@H](NC(=O)N[C@@H](CCCCNC(=O)c1ccc(CN(C(=N)NC(=O)OC(C)(C)C)C(=O)OC(C)(C)C)c(I)c1)C(=O)OC(C)(C)C)C(=O)OC(C)(C)C.CC(C)(C)OC(=O)NC(=N)N(Cc1ccc(C(=O)ON2C(=O)CCC2=O)cc1I)C(=O)OC(C)(C)C. The molecule has 0 aliphatic carbocycles. The van der Waals surface area contributed by atoms with Gasteiger partial charge in [-0.25, -0.2) is 62.5 Å². The van der Waals surface area contributed by atoms with Gasteiger partial charge in [-0.2, -0.15) is 0 Å². The Bertz CT molecular complexity index is 4360. The van der Waals surface area contributed by atoms with E-state index in [0.29, 0.717) is 67.5 Å². The number of rotatable bonds is 30. The summed E-state index contributed by atoms with van der Waals surface area (Å²) in [6, 6.07) is 3.17. The second-order valence-corrected chi connectivity index (χ2v) is 42.8. The fourth-order valence-corrected chi connectivity index (χ4v) is 11.9. The molecule has 744 valence electrons. The lowest BCUT2D eigenvalue weighted by Crippen LogP contribution is -2.53. The van der Waals surface area contributed by atoms with Crippen molar-refractivity contribution in [1.82, 2.24) is 52.1 Å². The first kappa shape index (κ1) is 120. The molecule has 42 heteroatoms. The van der Waals surface area contributed by atoms with Gasteiger partial charge in [-0.05, 0) is 346 Å². The van der Waals surface area contributed by atoms with Gasteiger partial charge in [-0.3, -0.25) is 45.4 Å². The monoisotopic (exact) mass is 2090 g/mol. The van der Waals surface area contributed by atoms with Gasteiger partial charge < -0.3 is 84.5 Å². The molecule has 1 saturated heterocycles. The number of amides is 11. The largest absolute Gasteiger partial charge is 0.460 e. The molecule has 1 aliphatic heterocycles. The van der Waals surface area contributed by atoms with E-state index in [1.165, 1.54) is 18.2 Å². The smallest absolute Gasteiger partial charge is 0.417 e. The fourth-order valence-electron chi connectivity index (χ4n) is 10.6. The maximum Gasteiger partial charge on any atom is 0.417 e. The van der Waals surface area contributed by atoms with Crippen molar-refractivity contribution in [3.63, 3.8) is 0 Å². The summed E-state index contributed by atoms with van der Waals surface area (Å²) in [5.74, 6) is -7.40. The van der Waals surface area contributed by atoms with Crippen LogP contribution in [0.1, 0.15) is 317 Å². The van der Waals surface area contributed by atoms with Crippen LogP contribution in [0.15, 0.2) is 36.4 Å². The van der Waals surface area contributed by atoms with Gasteiger partial charge in [0.1, 0.15) is 80.2 Å². The van der Waals surface area contributed by atoms with Crippen LogP contribution in [0.4, 0.5) is 28.8 Å². The number of nitrogens with one attached hydrogen (secondary N) is 9. The second kappa shape index (κ2) is 51.8. The molecule has 132 heavy (non-hydrogen) atoms. The zero-order chi connectivity index (χ0) is 102. The number of halogens is 2. The molecular weight excluding hydrogens is 1950 g/mol. The molecule has 0 unspecified atom stereocenters. The third-order valence-corrected chi connectivity index (χ3v) is 17.7. The van der Waals surface area contributed by atoms with Crippen molar-refractivity contribution in [2.45, 2.75) is 378 Å². The van der Waals surface area contributed by atoms with Gasteiger partial charge in [0.05, 0.1) is 18.7 Å². The molecule has 2 aromatic rings. The zero-order valence-electron chi connectivity index (χ0n) is 82.3. The number of unbranched alkanes of at least 4 members (excludes halogenated alkanes) is 2. The van der Waals surface area contributed by atoms with E-state index < -0.39 is 188 Å². The first-order valence-corrected chi connectivity index (χ1v) is 45.3. The number of ether oxygens (including phenoxy) is 10. The molecule has 40 nitrogen and oxygen atoms in total. The highest BCUT2D eigenvalue weighted by Crippen LogP contribution is 2.26. The summed E-state index contributed by atoms with van der Waals surface area (Å²) in [6.45, 7) is 51.0. The number of carbonyl (C=O) groups excluding carboxylic acids is 16. The summed E-state index contributed by atoms with van der Waals surface area (Å²) in [5.41, 5.74) is -1.09. The molecule has 0 radical (unpaired) electrons. The topological polar surface area (TPSA) is 542 Å². The molecule has 0 spiro atoms. The Labute approximate surface area is 802 Å². The third-order valence-electron chi connectivity index (χ3n) is 15.7. The van der Waals surface area contributed by atoms with Gasteiger partial charge in [-0.15, -0.1) is 5.06 Å². The molecule has 1 aliphatic rings. The van der Waals surface area contributed by atoms with Crippen LogP contribution in [-0.4, -0.2) is 216 Å². The van der Waals surface area contributed by atoms with E-state index in [4.69, 9.17) is 68.8 Å². The number of urea groups is 2. The maximum atomic E-state index is 13.3. The molecule has 2 aromatic carbocycles. The van der Waals surface area contributed by atoms with Crippen molar-refractivity contribution in [2.75, 3.05) is 13.1 Å². The van der Waals surface area contributed by atoms with Gasteiger partial charge >= 0.3 is 78.2 Å². The average Bonchev–Trinajstić information content (AvgIpc) is 0.876. The summed E-state index contributed by atoms with van der Waals surface area (Å²) in [7, 11) is 0. The summed E-state index contributed by atoms with van der Waals surface area (Å²) >= 11 is 3.94.